The molecule has 0 bridgehead atoms. The van der Waals surface area contributed by atoms with Gasteiger partial charge in [0.2, 0.25) is 0 Å². The lowest BCUT2D eigenvalue weighted by molar-refractivity contribution is 0.0525. The highest BCUT2D eigenvalue weighted by atomic mass is 35.5. The zero-order valence-electron chi connectivity index (χ0n) is 13.1. The number of nitrogens with zero attached hydrogens (tertiary/aromatic N) is 1. The Balaban J connectivity index is 2.66. The average molecular weight is 306 g/mol. The molecule has 2 rings (SSSR count). The number of aryl methyl sites for hydroxylation is 1. The summed E-state index contributed by atoms with van der Waals surface area (Å²) in [4.78, 5) is 16.4. The van der Waals surface area contributed by atoms with Crippen molar-refractivity contribution in [2.45, 2.75) is 40.0 Å². The fourth-order valence-corrected chi connectivity index (χ4v) is 2.61. The molecule has 4 heteroatoms. The van der Waals surface area contributed by atoms with E-state index >= 15 is 0 Å². The van der Waals surface area contributed by atoms with E-state index in [-0.39, 0.29) is 10.6 Å². The number of esters is 1. The number of benzene rings is 1. The van der Waals surface area contributed by atoms with E-state index in [1.807, 2.05) is 19.1 Å². The average Bonchev–Trinajstić information content (AvgIpc) is 2.37. The smallest absolute Gasteiger partial charge is 0.341 e. The molecule has 0 radical (unpaired) electrons. The van der Waals surface area contributed by atoms with Crippen LogP contribution in [0.25, 0.3) is 10.9 Å². The molecule has 1 heterocycles. The van der Waals surface area contributed by atoms with E-state index in [0.29, 0.717) is 12.2 Å². The Morgan fingerprint density at radius 1 is 1.33 bits per heavy atom. The normalized spacial score (nSPS) is 11.7. The van der Waals surface area contributed by atoms with Gasteiger partial charge in [0.1, 0.15) is 10.7 Å². The molecule has 0 fully saturated rings. The van der Waals surface area contributed by atoms with Crippen LogP contribution < -0.4 is 0 Å². The molecule has 0 unspecified atom stereocenters. The van der Waals surface area contributed by atoms with Gasteiger partial charge in [-0.2, -0.15) is 0 Å². The van der Waals surface area contributed by atoms with Crippen molar-refractivity contribution in [2.24, 2.45) is 0 Å². The van der Waals surface area contributed by atoms with Gasteiger partial charge >= 0.3 is 5.97 Å². The highest BCUT2D eigenvalue weighted by Crippen LogP contribution is 2.30. The third-order valence-corrected chi connectivity index (χ3v) is 3.82. The highest BCUT2D eigenvalue weighted by Gasteiger charge is 2.20. The molecule has 0 saturated carbocycles. The molecular formula is C17H20ClNO2. The lowest BCUT2D eigenvalue weighted by Crippen LogP contribution is -2.12. The molecule has 0 N–H and O–H groups in total. The van der Waals surface area contributed by atoms with Crippen molar-refractivity contribution < 1.29 is 9.53 Å². The van der Waals surface area contributed by atoms with Gasteiger partial charge in [-0.15, -0.1) is 0 Å². The number of pyridine rings is 1. The predicted molar refractivity (Wildman–Crippen MR) is 86.1 cm³/mol. The van der Waals surface area contributed by atoms with E-state index in [0.717, 1.165) is 16.5 Å². The minimum atomic E-state index is -0.422. The first-order valence-electron chi connectivity index (χ1n) is 7.03. The Morgan fingerprint density at radius 2 is 2.00 bits per heavy atom. The zero-order valence-corrected chi connectivity index (χ0v) is 13.8. The van der Waals surface area contributed by atoms with Gasteiger partial charge in [0.25, 0.3) is 0 Å². The van der Waals surface area contributed by atoms with Crippen molar-refractivity contribution in [2.75, 3.05) is 6.61 Å². The molecule has 3 nitrogen and oxygen atoms in total. The van der Waals surface area contributed by atoms with Crippen molar-refractivity contribution in [1.29, 1.82) is 0 Å². The first kappa shape index (κ1) is 15.8. The molecule has 0 aliphatic rings. The Bertz CT molecular complexity index is 702. The van der Waals surface area contributed by atoms with Crippen LogP contribution in [0.2, 0.25) is 5.15 Å². The second kappa shape index (κ2) is 5.64. The zero-order chi connectivity index (χ0) is 15.8. The largest absolute Gasteiger partial charge is 0.462 e. The molecule has 0 aliphatic carbocycles. The summed E-state index contributed by atoms with van der Waals surface area (Å²) in [6, 6.07) is 6.10. The first-order valence-corrected chi connectivity index (χ1v) is 7.41. The highest BCUT2D eigenvalue weighted by molar-refractivity contribution is 6.33. The van der Waals surface area contributed by atoms with Crippen molar-refractivity contribution in [3.8, 4) is 0 Å². The summed E-state index contributed by atoms with van der Waals surface area (Å²) in [5.41, 5.74) is 3.19. The molecule has 1 aromatic heterocycles. The van der Waals surface area contributed by atoms with Crippen LogP contribution in [-0.2, 0) is 10.2 Å². The third-order valence-electron chi connectivity index (χ3n) is 3.55. The minimum absolute atomic E-state index is 0.0378. The number of carbonyl (C=O) groups is 1. The number of fused-ring (bicyclic) bond motifs is 1. The van der Waals surface area contributed by atoms with E-state index in [1.165, 1.54) is 5.56 Å². The molecule has 0 amide bonds. The maximum absolute atomic E-state index is 12.0. The number of hydrogen-bond acceptors (Lipinski definition) is 3. The predicted octanol–water partition coefficient (Wildman–Crippen LogP) is 4.67. The maximum atomic E-state index is 12.0. The second-order valence-corrected chi connectivity index (χ2v) is 6.46. The Kier molecular flexibility index (Phi) is 4.24. The fraction of sp³-hybridized carbons (Fsp3) is 0.412. The van der Waals surface area contributed by atoms with Crippen molar-refractivity contribution >= 4 is 28.5 Å². The Labute approximate surface area is 130 Å². The number of ether oxygens (including phenoxy) is 1. The molecule has 0 atom stereocenters. The lowest BCUT2D eigenvalue weighted by Gasteiger charge is -2.20. The monoisotopic (exact) mass is 305 g/mol. The van der Waals surface area contributed by atoms with Gasteiger partial charge in [-0.3, -0.25) is 0 Å². The number of carbonyl (C=O) groups excluding carboxylic acids is 1. The van der Waals surface area contributed by atoms with Crippen LogP contribution in [0, 0.1) is 6.92 Å². The topological polar surface area (TPSA) is 39.2 Å². The second-order valence-electron chi connectivity index (χ2n) is 6.11. The molecule has 21 heavy (non-hydrogen) atoms. The number of halogens is 1. The van der Waals surface area contributed by atoms with Crippen molar-refractivity contribution in [3.05, 3.63) is 40.0 Å². The van der Waals surface area contributed by atoms with E-state index in [1.54, 1.807) is 6.92 Å². The Hall–Kier alpha value is -1.61. The fourth-order valence-electron chi connectivity index (χ4n) is 2.30. The van der Waals surface area contributed by atoms with Crippen molar-refractivity contribution in [3.63, 3.8) is 0 Å². The van der Waals surface area contributed by atoms with E-state index in [4.69, 9.17) is 16.3 Å². The summed E-state index contributed by atoms with van der Waals surface area (Å²) in [6.07, 6.45) is 0. The summed E-state index contributed by atoms with van der Waals surface area (Å²) in [6.45, 7) is 10.4. The van der Waals surface area contributed by atoms with Gasteiger partial charge in [-0.05, 0) is 36.5 Å². The van der Waals surface area contributed by atoms with E-state index in [9.17, 15) is 4.79 Å². The summed E-state index contributed by atoms with van der Waals surface area (Å²) < 4.78 is 5.05. The molecule has 1 aromatic carbocycles. The van der Waals surface area contributed by atoms with Crippen LogP contribution in [0.4, 0.5) is 0 Å². The van der Waals surface area contributed by atoms with E-state index < -0.39 is 5.97 Å². The maximum Gasteiger partial charge on any atom is 0.341 e. The number of rotatable bonds is 2. The number of hydrogen-bond donors (Lipinski definition) is 0. The van der Waals surface area contributed by atoms with Gasteiger partial charge in [0.05, 0.1) is 12.1 Å². The standard InChI is InChI=1S/C17H20ClNO2/c1-6-21-16(20)14-10(2)12-8-7-11(17(3,4)5)9-13(12)19-15(14)18/h7-9H,6H2,1-5H3. The van der Waals surface area contributed by atoms with Gasteiger partial charge in [-0.25, -0.2) is 9.78 Å². The van der Waals surface area contributed by atoms with Crippen LogP contribution >= 0.6 is 11.6 Å². The summed E-state index contributed by atoms with van der Waals surface area (Å²) in [7, 11) is 0. The quantitative estimate of drug-likeness (QED) is 0.598. The van der Waals surface area contributed by atoms with Crippen LogP contribution in [0.5, 0.6) is 0 Å². The van der Waals surface area contributed by atoms with Gasteiger partial charge < -0.3 is 4.74 Å². The van der Waals surface area contributed by atoms with Gasteiger partial charge in [0.15, 0.2) is 0 Å². The number of aromatic nitrogens is 1. The molecule has 0 aliphatic heterocycles. The van der Waals surface area contributed by atoms with Crippen LogP contribution in [0.1, 0.15) is 49.2 Å². The third kappa shape index (κ3) is 3.03. The molecular weight excluding hydrogens is 286 g/mol. The van der Waals surface area contributed by atoms with Crippen LogP contribution in [-0.4, -0.2) is 17.6 Å². The first-order chi connectivity index (χ1) is 9.75. The SMILES string of the molecule is CCOC(=O)c1c(Cl)nc2cc(C(C)(C)C)ccc2c1C. The molecule has 0 spiro atoms. The van der Waals surface area contributed by atoms with Crippen LogP contribution in [0.3, 0.4) is 0 Å². The Morgan fingerprint density at radius 3 is 2.57 bits per heavy atom. The summed E-state index contributed by atoms with van der Waals surface area (Å²) >= 11 is 6.19. The van der Waals surface area contributed by atoms with Gasteiger partial charge in [0, 0.05) is 5.39 Å². The molecule has 112 valence electrons. The van der Waals surface area contributed by atoms with Crippen LogP contribution in [0.15, 0.2) is 18.2 Å². The van der Waals surface area contributed by atoms with E-state index in [2.05, 4.69) is 31.8 Å². The van der Waals surface area contributed by atoms with Gasteiger partial charge in [-0.1, -0.05) is 44.5 Å². The summed E-state index contributed by atoms with van der Waals surface area (Å²) in [5, 5.41) is 1.12. The molecule has 2 aromatic rings. The molecule has 0 saturated heterocycles. The minimum Gasteiger partial charge on any atom is -0.462 e. The summed E-state index contributed by atoms with van der Waals surface area (Å²) in [5.74, 6) is -0.422. The lowest BCUT2D eigenvalue weighted by atomic mass is 9.86. The van der Waals surface area contributed by atoms with Crippen molar-refractivity contribution in [1.82, 2.24) is 4.98 Å².